The first-order valence-electron chi connectivity index (χ1n) is 8.64. The summed E-state index contributed by atoms with van der Waals surface area (Å²) in [6, 6.07) is 4.30. The van der Waals surface area contributed by atoms with Gasteiger partial charge in [-0.3, -0.25) is 24.5 Å². The third-order valence-corrected chi connectivity index (χ3v) is 5.59. The molecule has 1 aromatic carbocycles. The lowest BCUT2D eigenvalue weighted by atomic mass is 10.0. The molecular formula is C18H16BrN5O4. The Kier molecular flexibility index (Phi) is 4.50. The maximum atomic E-state index is 12.7. The van der Waals surface area contributed by atoms with Crippen molar-refractivity contribution < 1.29 is 19.2 Å². The first-order chi connectivity index (χ1) is 13.3. The van der Waals surface area contributed by atoms with Crippen LogP contribution in [0, 0.1) is 6.92 Å². The number of carbonyl (C=O) groups is 4. The Morgan fingerprint density at radius 1 is 1.32 bits per heavy atom. The molecule has 0 spiro atoms. The summed E-state index contributed by atoms with van der Waals surface area (Å²) in [6.07, 6.45) is 0.511. The molecule has 4 amide bonds. The second-order valence-electron chi connectivity index (χ2n) is 6.73. The number of fused-ring (bicyclic) bond motifs is 1. The molecule has 1 atom stereocenters. The van der Waals surface area contributed by atoms with E-state index in [1.807, 2.05) is 0 Å². The molecule has 28 heavy (non-hydrogen) atoms. The van der Waals surface area contributed by atoms with Gasteiger partial charge in [0.25, 0.3) is 11.8 Å². The van der Waals surface area contributed by atoms with Crippen molar-refractivity contribution in [2.24, 2.45) is 0 Å². The zero-order valence-electron chi connectivity index (χ0n) is 14.8. The number of H-pyrrole nitrogens is 1. The Hall–Kier alpha value is -3.01. The lowest BCUT2D eigenvalue weighted by Crippen LogP contribution is -2.52. The van der Waals surface area contributed by atoms with E-state index in [1.54, 1.807) is 25.1 Å². The highest BCUT2D eigenvalue weighted by Gasteiger charge is 2.39. The van der Waals surface area contributed by atoms with Gasteiger partial charge in [-0.25, -0.2) is 4.98 Å². The topological polar surface area (TPSA) is 124 Å². The molecule has 0 saturated carbocycles. The summed E-state index contributed by atoms with van der Waals surface area (Å²) in [7, 11) is 0. The minimum Gasteiger partial charge on any atom is -0.337 e. The number of hydrogen-bond donors (Lipinski definition) is 3. The summed E-state index contributed by atoms with van der Waals surface area (Å²) >= 11 is 3.25. The van der Waals surface area contributed by atoms with E-state index in [4.69, 9.17) is 0 Å². The van der Waals surface area contributed by atoms with Gasteiger partial charge in [-0.1, -0.05) is 0 Å². The number of nitrogens with one attached hydrogen (secondary N) is 3. The second-order valence-corrected chi connectivity index (χ2v) is 7.48. The first kappa shape index (κ1) is 18.4. The van der Waals surface area contributed by atoms with Gasteiger partial charge in [0.05, 0.1) is 0 Å². The molecule has 0 bridgehead atoms. The van der Waals surface area contributed by atoms with Crippen LogP contribution in [-0.4, -0.2) is 44.5 Å². The lowest BCUT2D eigenvalue weighted by Gasteiger charge is -2.29. The van der Waals surface area contributed by atoms with Gasteiger partial charge in [-0.05, 0) is 53.0 Å². The number of anilines is 1. The summed E-state index contributed by atoms with van der Waals surface area (Å²) in [5.74, 6) is -1.26. The number of carbonyl (C=O) groups excluding carboxylic acids is 4. The van der Waals surface area contributed by atoms with Gasteiger partial charge < -0.3 is 15.2 Å². The summed E-state index contributed by atoms with van der Waals surface area (Å²) in [6.45, 7) is 2.04. The molecule has 4 rings (SSSR count). The van der Waals surface area contributed by atoms with Gasteiger partial charge in [0.15, 0.2) is 5.82 Å². The van der Waals surface area contributed by atoms with Crippen LogP contribution in [0.4, 0.5) is 5.69 Å². The fraction of sp³-hybridized carbons (Fsp3) is 0.278. The first-order valence-corrected chi connectivity index (χ1v) is 9.44. The maximum absolute atomic E-state index is 12.7. The van der Waals surface area contributed by atoms with Crippen LogP contribution in [0.2, 0.25) is 0 Å². The number of aryl methyl sites for hydroxylation is 1. The zero-order valence-corrected chi connectivity index (χ0v) is 16.4. The number of benzene rings is 1. The summed E-state index contributed by atoms with van der Waals surface area (Å²) in [5, 5.41) is 5.02. The summed E-state index contributed by atoms with van der Waals surface area (Å²) in [4.78, 5) is 56.9. The number of rotatable bonds is 3. The van der Waals surface area contributed by atoms with Crippen LogP contribution in [0.3, 0.4) is 0 Å². The molecule has 3 heterocycles. The fourth-order valence-corrected chi connectivity index (χ4v) is 3.67. The predicted molar refractivity (Wildman–Crippen MR) is 101 cm³/mol. The highest BCUT2D eigenvalue weighted by molar-refractivity contribution is 9.10. The molecule has 1 aromatic heterocycles. The van der Waals surface area contributed by atoms with Crippen molar-refractivity contribution in [3.8, 4) is 0 Å². The second kappa shape index (κ2) is 6.86. The maximum Gasteiger partial charge on any atom is 0.291 e. The minimum absolute atomic E-state index is 0.172. The standard InChI is InChI=1S/C18H16BrN5O4/c1-8-14(19)23-15(20-8)17(27)21-10-2-3-11-9(6-10)7-24(18(11)28)12-4-5-13(25)22-16(12)26/h2-3,6,12H,4-5,7H2,1H3,(H,20,23)(H,21,27)(H,22,25,26). The number of imide groups is 1. The molecule has 3 N–H and O–H groups in total. The number of hydrogen-bond acceptors (Lipinski definition) is 5. The number of piperidine rings is 1. The van der Waals surface area contributed by atoms with Crippen molar-refractivity contribution in [2.75, 3.05) is 5.32 Å². The van der Waals surface area contributed by atoms with Gasteiger partial charge in [-0.15, -0.1) is 0 Å². The number of imidazole rings is 1. The SMILES string of the molecule is Cc1[nH]c(C(=O)Nc2ccc3c(c2)CN(C2CCC(=O)NC2=O)C3=O)nc1Br. The van der Waals surface area contributed by atoms with Gasteiger partial charge in [0.2, 0.25) is 11.8 Å². The third-order valence-electron chi connectivity index (χ3n) is 4.82. The van der Waals surface area contributed by atoms with E-state index in [9.17, 15) is 19.2 Å². The smallest absolute Gasteiger partial charge is 0.291 e. The van der Waals surface area contributed by atoms with Crippen molar-refractivity contribution in [3.05, 3.63) is 45.4 Å². The van der Waals surface area contributed by atoms with E-state index >= 15 is 0 Å². The van der Waals surface area contributed by atoms with E-state index < -0.39 is 17.9 Å². The quantitative estimate of drug-likeness (QED) is 0.617. The zero-order chi connectivity index (χ0) is 20.0. The number of amides is 4. The van der Waals surface area contributed by atoms with Crippen molar-refractivity contribution in [1.29, 1.82) is 0 Å². The highest BCUT2D eigenvalue weighted by atomic mass is 79.9. The molecule has 0 aliphatic carbocycles. The predicted octanol–water partition coefficient (Wildman–Crippen LogP) is 1.49. The average molecular weight is 446 g/mol. The molecule has 144 valence electrons. The largest absolute Gasteiger partial charge is 0.337 e. The van der Waals surface area contributed by atoms with Gasteiger partial charge >= 0.3 is 0 Å². The van der Waals surface area contributed by atoms with Crippen molar-refractivity contribution in [1.82, 2.24) is 20.2 Å². The minimum atomic E-state index is -0.668. The summed E-state index contributed by atoms with van der Waals surface area (Å²) in [5.41, 5.74) is 2.46. The van der Waals surface area contributed by atoms with E-state index in [-0.39, 0.29) is 30.6 Å². The molecule has 1 unspecified atom stereocenters. The molecule has 1 saturated heterocycles. The normalized spacial score (nSPS) is 18.9. The van der Waals surface area contributed by atoms with E-state index in [0.29, 0.717) is 27.8 Å². The number of aromatic nitrogens is 2. The van der Waals surface area contributed by atoms with E-state index in [1.165, 1.54) is 4.90 Å². The highest BCUT2D eigenvalue weighted by Crippen LogP contribution is 2.29. The molecule has 2 aliphatic heterocycles. The van der Waals surface area contributed by atoms with Crippen molar-refractivity contribution in [3.63, 3.8) is 0 Å². The average Bonchev–Trinajstić information content (AvgIpc) is 3.15. The Bertz CT molecular complexity index is 1010. The Balaban J connectivity index is 1.51. The molecule has 2 aliphatic rings. The van der Waals surface area contributed by atoms with Crippen LogP contribution < -0.4 is 10.6 Å². The molecule has 10 heteroatoms. The van der Waals surface area contributed by atoms with Crippen LogP contribution in [-0.2, 0) is 16.1 Å². The van der Waals surface area contributed by atoms with Crippen LogP contribution in [0.15, 0.2) is 22.8 Å². The molecule has 2 aromatic rings. The molecule has 1 fully saturated rings. The van der Waals surface area contributed by atoms with Crippen molar-refractivity contribution in [2.45, 2.75) is 32.4 Å². The molecule has 9 nitrogen and oxygen atoms in total. The molecular weight excluding hydrogens is 430 g/mol. The van der Waals surface area contributed by atoms with Gasteiger partial charge in [-0.2, -0.15) is 0 Å². The van der Waals surface area contributed by atoms with Crippen LogP contribution >= 0.6 is 15.9 Å². The number of nitrogens with zero attached hydrogens (tertiary/aromatic N) is 2. The Labute approximate surface area is 168 Å². The monoisotopic (exact) mass is 445 g/mol. The van der Waals surface area contributed by atoms with Crippen LogP contribution in [0.25, 0.3) is 0 Å². The van der Waals surface area contributed by atoms with Gasteiger partial charge in [0.1, 0.15) is 10.6 Å². The van der Waals surface area contributed by atoms with Crippen LogP contribution in [0.1, 0.15) is 45.1 Å². The van der Waals surface area contributed by atoms with E-state index in [2.05, 4.69) is 36.5 Å². The lowest BCUT2D eigenvalue weighted by molar-refractivity contribution is -0.136. The van der Waals surface area contributed by atoms with Gasteiger partial charge in [0, 0.05) is 29.9 Å². The number of halogens is 1. The van der Waals surface area contributed by atoms with Crippen LogP contribution in [0.5, 0.6) is 0 Å². The Morgan fingerprint density at radius 2 is 2.11 bits per heavy atom. The molecule has 0 radical (unpaired) electrons. The van der Waals surface area contributed by atoms with E-state index in [0.717, 1.165) is 5.69 Å². The fourth-order valence-electron chi connectivity index (χ4n) is 3.39. The third kappa shape index (κ3) is 3.19. The summed E-state index contributed by atoms with van der Waals surface area (Å²) < 4.78 is 0.567. The Morgan fingerprint density at radius 3 is 2.79 bits per heavy atom. The van der Waals surface area contributed by atoms with Crippen molar-refractivity contribution >= 4 is 45.2 Å². The number of aromatic amines is 1.